The molecule has 0 fully saturated rings. The topological polar surface area (TPSA) is 358 Å². The van der Waals surface area contributed by atoms with E-state index in [1.807, 2.05) is 6.07 Å². The van der Waals surface area contributed by atoms with Gasteiger partial charge in [0.15, 0.2) is 16.6 Å². The number of aliphatic hydroxyl groups is 1. The third-order valence-corrected chi connectivity index (χ3v) is 14.2. The number of amides is 2. The van der Waals surface area contributed by atoms with Crippen LogP contribution in [-0.4, -0.2) is 68.2 Å². The van der Waals surface area contributed by atoms with Crippen LogP contribution in [0.3, 0.4) is 0 Å². The first-order valence-electron chi connectivity index (χ1n) is 19.8. The summed E-state index contributed by atoms with van der Waals surface area (Å²) in [6.45, 7) is 1.19. The Labute approximate surface area is 417 Å². The molecule has 2 amide bonds. The average molecular weight is 1080 g/mol. The van der Waals surface area contributed by atoms with E-state index in [1.54, 1.807) is 24.3 Å². The van der Waals surface area contributed by atoms with Gasteiger partial charge < -0.3 is 26.4 Å². The van der Waals surface area contributed by atoms with Gasteiger partial charge in [-0.1, -0.05) is 58.8 Å². The highest BCUT2D eigenvalue weighted by molar-refractivity contribution is 7.86. The van der Waals surface area contributed by atoms with Crippen LogP contribution in [0.4, 0.5) is 54.9 Å². The number of hydrogen-bond donors (Lipinski definition) is 8. The molecule has 0 atom stereocenters. The molecule has 2 aromatic heterocycles. The van der Waals surface area contributed by atoms with Crippen molar-refractivity contribution in [3.63, 3.8) is 0 Å². The van der Waals surface area contributed by atoms with Crippen LogP contribution in [-0.2, 0) is 30.4 Å². The highest BCUT2D eigenvalue weighted by Crippen LogP contribution is 2.49. The number of carbonyl (C=O) groups excluding carboxylic acids is 1. The number of carbonyl (C=O) groups is 1. The monoisotopic (exact) mass is 1080 g/mol. The van der Waals surface area contributed by atoms with E-state index in [4.69, 9.17) is 28.3 Å². The zero-order valence-corrected chi connectivity index (χ0v) is 40.6. The Morgan fingerprint density at radius 1 is 0.690 bits per heavy atom. The fraction of sp³-hybridized carbons (Fsp3) is 0.0698. The summed E-state index contributed by atoms with van der Waals surface area (Å²) in [6.07, 6.45) is 0. The zero-order valence-electron chi connectivity index (χ0n) is 35.8. The normalized spacial score (nSPS) is 12.0. The van der Waals surface area contributed by atoms with Gasteiger partial charge in [0.2, 0.25) is 0 Å². The molecule has 22 nitrogen and oxygen atoms in total. The number of aliphatic hydroxyl groups excluding tert-OH is 1. The van der Waals surface area contributed by atoms with E-state index in [1.165, 1.54) is 49.4 Å². The minimum absolute atomic E-state index is 0.0180. The van der Waals surface area contributed by atoms with Gasteiger partial charge in [0.05, 0.1) is 22.9 Å². The van der Waals surface area contributed by atoms with Crippen LogP contribution in [0.15, 0.2) is 132 Å². The Bertz CT molecular complexity index is 3790. The number of fused-ring (bicyclic) bond motifs is 1. The average Bonchev–Trinajstić information content (AvgIpc) is 3.67. The summed E-state index contributed by atoms with van der Waals surface area (Å²) in [4.78, 5) is 14.8. The van der Waals surface area contributed by atoms with E-state index in [-0.39, 0.29) is 89.9 Å². The van der Waals surface area contributed by atoms with Crippen molar-refractivity contribution in [1.82, 2.24) is 10.3 Å². The summed E-state index contributed by atoms with van der Waals surface area (Å²) in [5.41, 5.74) is 0.804. The second kappa shape index (κ2) is 20.9. The molecule has 0 aliphatic carbocycles. The third-order valence-electron chi connectivity index (χ3n) is 9.87. The molecule has 0 saturated carbocycles. The number of hydrogen-bond acceptors (Lipinski definition) is 18. The molecule has 7 aromatic rings. The molecular weight excluding hydrogens is 1050 g/mol. The number of aromatic nitrogens is 1. The predicted octanol–water partition coefficient (Wildman–Crippen LogP) is 10.5. The van der Waals surface area contributed by atoms with Gasteiger partial charge in [-0.2, -0.15) is 35.8 Å². The lowest BCUT2D eigenvalue weighted by molar-refractivity contribution is 0.245. The van der Waals surface area contributed by atoms with Crippen molar-refractivity contribution in [2.75, 3.05) is 29.1 Å². The molecule has 2 heterocycles. The maximum absolute atomic E-state index is 12.6. The van der Waals surface area contributed by atoms with Gasteiger partial charge >= 0.3 is 6.03 Å². The van der Waals surface area contributed by atoms with Crippen molar-refractivity contribution < 1.29 is 48.8 Å². The van der Waals surface area contributed by atoms with E-state index >= 15 is 0 Å². The summed E-state index contributed by atoms with van der Waals surface area (Å²) in [7, 11) is -14.7. The van der Waals surface area contributed by atoms with Gasteiger partial charge in [0.1, 0.15) is 43.1 Å². The Balaban J connectivity index is 1.40. The Morgan fingerprint density at radius 3 is 1.94 bits per heavy atom. The number of pyridine rings is 1. The van der Waals surface area contributed by atoms with Gasteiger partial charge in [-0.05, 0) is 85.3 Å². The summed E-state index contributed by atoms with van der Waals surface area (Å²) < 4.78 is 104. The predicted molar refractivity (Wildman–Crippen MR) is 263 cm³/mol. The summed E-state index contributed by atoms with van der Waals surface area (Å²) in [6, 6.07) is 24.9. The molecule has 71 heavy (non-hydrogen) atoms. The van der Waals surface area contributed by atoms with Gasteiger partial charge in [-0.3, -0.25) is 13.7 Å². The number of halogens is 2. The maximum Gasteiger partial charge on any atom is 0.319 e. The number of azo groups is 2. The first-order chi connectivity index (χ1) is 33.6. The Hall–Kier alpha value is -7.47. The summed E-state index contributed by atoms with van der Waals surface area (Å²) in [5.74, 6) is -0.114. The summed E-state index contributed by atoms with van der Waals surface area (Å²) in [5, 5.41) is 58.0. The van der Waals surface area contributed by atoms with E-state index in [0.717, 1.165) is 41.7 Å². The molecule has 362 valence electrons. The maximum atomic E-state index is 12.6. The van der Waals surface area contributed by atoms with Crippen molar-refractivity contribution in [3.8, 4) is 23.3 Å². The minimum atomic E-state index is -5.04. The number of nitriles is 2. The lowest BCUT2D eigenvalue weighted by Crippen LogP contribution is -2.30. The standard InChI is InChI=1S/C43H31Cl2N11O11S4/c1-22-31(20-46)39(50-27-13-14-33(45)36(18-27)71(65,66)67)52-40(49-25-11-7-24(44)8-12-25)38(22)54-55-41-32(21-47)37(23-5-9-26(10-6-23)51-43(58)48-15-16-57)42(68-41)56-53-28-17-30-29(35(19-28)70(62,63)64)3-2-4-34(30)69(59,60)61/h2-14,17-19,57H,15-16H2,1H3,(H2,48,51,58)(H2,49,50,52)(H,59,60,61)(H,62,63,64)(H,65,66,67)/b55-54?,56-53+. The van der Waals surface area contributed by atoms with Crippen LogP contribution < -0.4 is 21.3 Å². The van der Waals surface area contributed by atoms with E-state index in [2.05, 4.69) is 52.8 Å². The van der Waals surface area contributed by atoms with Crippen LogP contribution >= 0.6 is 34.5 Å². The fourth-order valence-electron chi connectivity index (χ4n) is 6.71. The van der Waals surface area contributed by atoms with Crippen LogP contribution in [0, 0.1) is 29.6 Å². The van der Waals surface area contributed by atoms with Crippen molar-refractivity contribution in [2.24, 2.45) is 20.5 Å². The van der Waals surface area contributed by atoms with E-state index < -0.39 is 51.1 Å². The number of thiophene rings is 1. The molecule has 8 N–H and O–H groups in total. The first-order valence-corrected chi connectivity index (χ1v) is 25.7. The molecule has 0 spiro atoms. The molecule has 7 rings (SSSR count). The van der Waals surface area contributed by atoms with Crippen LogP contribution in [0.5, 0.6) is 0 Å². The molecule has 0 radical (unpaired) electrons. The van der Waals surface area contributed by atoms with Crippen LogP contribution in [0.25, 0.3) is 21.9 Å². The zero-order chi connectivity index (χ0) is 51.4. The smallest absolute Gasteiger partial charge is 0.319 e. The highest BCUT2D eigenvalue weighted by Gasteiger charge is 2.25. The molecular formula is C43H31Cl2N11O11S4. The van der Waals surface area contributed by atoms with Crippen molar-refractivity contribution in [2.45, 2.75) is 21.6 Å². The van der Waals surface area contributed by atoms with E-state index in [9.17, 15) is 54.2 Å². The highest BCUT2D eigenvalue weighted by atomic mass is 35.5. The number of anilines is 5. The van der Waals surface area contributed by atoms with Crippen LogP contribution in [0.1, 0.15) is 16.7 Å². The number of rotatable bonds is 15. The molecule has 0 aliphatic rings. The number of nitrogens with one attached hydrogen (secondary N) is 4. The first kappa shape index (κ1) is 51.4. The van der Waals surface area contributed by atoms with Gasteiger partial charge in [-0.25, -0.2) is 9.78 Å². The number of nitrogens with zero attached hydrogens (tertiary/aromatic N) is 7. The second-order valence-corrected chi connectivity index (χ2v) is 20.5. The van der Waals surface area contributed by atoms with Gasteiger partial charge in [-0.15, -0.1) is 20.5 Å². The van der Waals surface area contributed by atoms with Crippen molar-refractivity contribution in [1.29, 1.82) is 10.5 Å². The lowest BCUT2D eigenvalue weighted by Gasteiger charge is -2.16. The van der Waals surface area contributed by atoms with Crippen molar-refractivity contribution in [3.05, 3.63) is 124 Å². The fourth-order valence-corrected chi connectivity index (χ4v) is 10.2. The Kier molecular flexibility index (Phi) is 15.1. The Morgan fingerprint density at radius 2 is 1.31 bits per heavy atom. The SMILES string of the molecule is Cc1c(C#N)c(Nc2ccc(Cl)c(S(=O)(=O)O)c2)nc(Nc2ccc(Cl)cc2)c1N=Nc1sc(/N=N/c2cc(S(=O)(=O)O)c3cccc(S(=O)(=O)O)c3c2)c(-c2ccc(NC(=O)NCCO)cc2)c1C#N. The second-order valence-electron chi connectivity index (χ2n) is 14.5. The van der Waals surface area contributed by atoms with Crippen molar-refractivity contribution >= 4 is 132 Å². The number of benzene rings is 5. The third kappa shape index (κ3) is 11.8. The number of urea groups is 1. The molecule has 0 bridgehead atoms. The van der Waals surface area contributed by atoms with Gasteiger partial charge in [0.25, 0.3) is 30.4 Å². The quantitative estimate of drug-likeness (QED) is 0.0349. The summed E-state index contributed by atoms with van der Waals surface area (Å²) >= 11 is 12.9. The van der Waals surface area contributed by atoms with Crippen LogP contribution in [0.2, 0.25) is 10.0 Å². The molecule has 5 aromatic carbocycles. The molecule has 0 unspecified atom stereocenters. The lowest BCUT2D eigenvalue weighted by atomic mass is 10.0. The van der Waals surface area contributed by atoms with E-state index in [0.29, 0.717) is 22.0 Å². The van der Waals surface area contributed by atoms with Gasteiger partial charge in [0, 0.05) is 50.5 Å². The minimum Gasteiger partial charge on any atom is -0.395 e. The molecule has 0 aliphatic heterocycles. The molecule has 28 heteroatoms. The largest absolute Gasteiger partial charge is 0.395 e. The molecule has 0 saturated heterocycles.